The second-order valence-electron chi connectivity index (χ2n) is 6.79. The Bertz CT molecular complexity index is 834. The first-order valence-electron chi connectivity index (χ1n) is 8.93. The number of methoxy groups -OCH3 is 1. The minimum absolute atomic E-state index is 0.0734. The van der Waals surface area contributed by atoms with Gasteiger partial charge in [-0.25, -0.2) is 13.8 Å². The van der Waals surface area contributed by atoms with Crippen LogP contribution in [0.1, 0.15) is 12.8 Å². The number of hydrogen-bond acceptors (Lipinski definition) is 6. The molecule has 0 spiro atoms. The summed E-state index contributed by atoms with van der Waals surface area (Å²) in [6.07, 6.45) is -1.22. The molecule has 2 fully saturated rings. The third-order valence-corrected chi connectivity index (χ3v) is 6.09. The number of alkyl halides is 2. The summed E-state index contributed by atoms with van der Waals surface area (Å²) in [6, 6.07) is 5.76. The Kier molecular flexibility index (Phi) is 4.90. The van der Waals surface area contributed by atoms with E-state index < -0.39 is 12.0 Å². The quantitative estimate of drug-likeness (QED) is 0.797. The lowest BCUT2D eigenvalue weighted by molar-refractivity contribution is -0.150. The summed E-state index contributed by atoms with van der Waals surface area (Å²) in [7, 11) is 1.61. The third kappa shape index (κ3) is 3.70. The molecule has 1 aromatic heterocycles. The molecule has 2 aromatic rings. The van der Waals surface area contributed by atoms with Crippen molar-refractivity contribution in [3.05, 3.63) is 18.2 Å². The normalized spacial score (nSPS) is 22.9. The standard InChI is InChI=1S/C18H21F2N3O3S/c1-25-12-3-2-4-14-15(12)21-17(27-14)23-9-10-26-13(11-23)16(24)22-7-5-18(19,20)6-8-22/h2-4,13H,5-11H2,1H3. The summed E-state index contributed by atoms with van der Waals surface area (Å²) in [4.78, 5) is 20.9. The number of benzene rings is 1. The topological polar surface area (TPSA) is 54.9 Å². The first-order valence-corrected chi connectivity index (χ1v) is 9.75. The van der Waals surface area contributed by atoms with E-state index >= 15 is 0 Å². The molecule has 1 atom stereocenters. The number of hydrogen-bond donors (Lipinski definition) is 0. The number of piperidine rings is 1. The number of amides is 1. The van der Waals surface area contributed by atoms with Gasteiger partial charge in [-0.3, -0.25) is 4.79 Å². The molecule has 6 nitrogen and oxygen atoms in total. The molecule has 146 valence electrons. The average molecular weight is 397 g/mol. The zero-order chi connectivity index (χ0) is 19.0. The maximum absolute atomic E-state index is 13.3. The fraction of sp³-hybridized carbons (Fsp3) is 0.556. The molecule has 1 aromatic carbocycles. The summed E-state index contributed by atoms with van der Waals surface area (Å²) in [5.41, 5.74) is 0.799. The number of rotatable bonds is 3. The van der Waals surface area contributed by atoms with Crippen molar-refractivity contribution in [2.75, 3.05) is 44.8 Å². The Hall–Kier alpha value is -2.00. The van der Waals surface area contributed by atoms with Crippen molar-refractivity contribution >= 4 is 32.6 Å². The van der Waals surface area contributed by atoms with E-state index in [2.05, 4.69) is 4.98 Å². The highest BCUT2D eigenvalue weighted by molar-refractivity contribution is 7.22. The molecule has 4 rings (SSSR count). The van der Waals surface area contributed by atoms with Crippen LogP contribution in [0.4, 0.5) is 13.9 Å². The van der Waals surface area contributed by atoms with Gasteiger partial charge in [0.15, 0.2) is 11.2 Å². The summed E-state index contributed by atoms with van der Waals surface area (Å²) in [5, 5.41) is 0.806. The van der Waals surface area contributed by atoms with Crippen LogP contribution in [0.3, 0.4) is 0 Å². The van der Waals surface area contributed by atoms with Gasteiger partial charge in [0.1, 0.15) is 11.3 Å². The van der Waals surface area contributed by atoms with E-state index in [4.69, 9.17) is 9.47 Å². The number of fused-ring (bicyclic) bond motifs is 1. The van der Waals surface area contributed by atoms with Crippen molar-refractivity contribution in [1.29, 1.82) is 0 Å². The van der Waals surface area contributed by atoms with Crippen LogP contribution in [0.5, 0.6) is 5.75 Å². The molecule has 0 aliphatic carbocycles. The van der Waals surface area contributed by atoms with Gasteiger partial charge in [-0.2, -0.15) is 0 Å². The highest BCUT2D eigenvalue weighted by atomic mass is 32.1. The van der Waals surface area contributed by atoms with E-state index in [9.17, 15) is 13.6 Å². The van der Waals surface area contributed by atoms with Gasteiger partial charge in [0, 0.05) is 32.5 Å². The van der Waals surface area contributed by atoms with Crippen molar-refractivity contribution in [3.8, 4) is 5.75 Å². The number of nitrogens with zero attached hydrogens (tertiary/aromatic N) is 3. The SMILES string of the molecule is COc1cccc2sc(N3CCOC(C(=O)N4CCC(F)(F)CC4)C3)nc12. The maximum atomic E-state index is 13.3. The van der Waals surface area contributed by atoms with Crippen molar-refractivity contribution in [2.24, 2.45) is 0 Å². The molecule has 0 radical (unpaired) electrons. The zero-order valence-electron chi connectivity index (χ0n) is 15.0. The predicted octanol–water partition coefficient (Wildman–Crippen LogP) is 2.77. The molecular formula is C18H21F2N3O3S. The van der Waals surface area contributed by atoms with Gasteiger partial charge in [-0.15, -0.1) is 0 Å². The Labute approximate surface area is 159 Å². The smallest absolute Gasteiger partial charge is 0.253 e. The maximum Gasteiger partial charge on any atom is 0.253 e. The first-order chi connectivity index (χ1) is 13.0. The molecule has 2 aliphatic heterocycles. The Morgan fingerprint density at radius 1 is 1.33 bits per heavy atom. The minimum atomic E-state index is -2.67. The van der Waals surface area contributed by atoms with Gasteiger partial charge < -0.3 is 19.3 Å². The molecule has 0 bridgehead atoms. The second-order valence-corrected chi connectivity index (χ2v) is 7.80. The lowest BCUT2D eigenvalue weighted by Gasteiger charge is -2.37. The number of likely N-dealkylation sites (tertiary alicyclic amines) is 1. The molecule has 2 saturated heterocycles. The van der Waals surface area contributed by atoms with Gasteiger partial charge >= 0.3 is 0 Å². The summed E-state index contributed by atoms with van der Waals surface area (Å²) >= 11 is 1.54. The van der Waals surface area contributed by atoms with Crippen LogP contribution in [0.2, 0.25) is 0 Å². The van der Waals surface area contributed by atoms with Crippen molar-refractivity contribution in [2.45, 2.75) is 24.9 Å². The largest absolute Gasteiger partial charge is 0.494 e. The lowest BCUT2D eigenvalue weighted by Crippen LogP contribution is -2.53. The first kappa shape index (κ1) is 18.4. The predicted molar refractivity (Wildman–Crippen MR) is 98.9 cm³/mol. The lowest BCUT2D eigenvalue weighted by atomic mass is 10.1. The van der Waals surface area contributed by atoms with Crippen LogP contribution in [0, 0.1) is 0 Å². The molecule has 27 heavy (non-hydrogen) atoms. The molecule has 0 saturated carbocycles. The monoisotopic (exact) mass is 397 g/mol. The van der Waals surface area contributed by atoms with Crippen molar-refractivity contribution < 1.29 is 23.0 Å². The van der Waals surface area contributed by atoms with E-state index in [0.717, 1.165) is 15.3 Å². The van der Waals surface area contributed by atoms with Crippen LogP contribution in [0.25, 0.3) is 10.2 Å². The molecule has 1 unspecified atom stereocenters. The Morgan fingerprint density at radius 3 is 2.85 bits per heavy atom. The number of halogens is 2. The number of aromatic nitrogens is 1. The molecule has 3 heterocycles. The number of carbonyl (C=O) groups is 1. The summed E-state index contributed by atoms with van der Waals surface area (Å²) < 4.78 is 38.7. The Balaban J connectivity index is 1.47. The summed E-state index contributed by atoms with van der Waals surface area (Å²) in [6.45, 7) is 1.54. The van der Waals surface area contributed by atoms with Crippen molar-refractivity contribution in [3.63, 3.8) is 0 Å². The molecule has 2 aliphatic rings. The van der Waals surface area contributed by atoms with Crippen LogP contribution >= 0.6 is 11.3 Å². The number of ether oxygens (including phenoxy) is 2. The van der Waals surface area contributed by atoms with Gasteiger partial charge in [0.05, 0.1) is 25.0 Å². The number of thiazole rings is 1. The molecule has 0 N–H and O–H groups in total. The number of carbonyl (C=O) groups excluding carboxylic acids is 1. The molecular weight excluding hydrogens is 376 g/mol. The minimum Gasteiger partial charge on any atom is -0.494 e. The van der Waals surface area contributed by atoms with Crippen LogP contribution in [0.15, 0.2) is 18.2 Å². The fourth-order valence-corrected chi connectivity index (χ4v) is 4.46. The van der Waals surface area contributed by atoms with Gasteiger partial charge in [-0.05, 0) is 12.1 Å². The highest BCUT2D eigenvalue weighted by Crippen LogP contribution is 2.35. The van der Waals surface area contributed by atoms with Gasteiger partial charge in [0.2, 0.25) is 0 Å². The van der Waals surface area contributed by atoms with Crippen LogP contribution < -0.4 is 9.64 Å². The number of para-hydroxylation sites is 1. The van der Waals surface area contributed by atoms with Gasteiger partial charge in [-0.1, -0.05) is 17.4 Å². The van der Waals surface area contributed by atoms with Crippen LogP contribution in [-0.4, -0.2) is 67.7 Å². The van der Waals surface area contributed by atoms with E-state index in [-0.39, 0.29) is 31.8 Å². The number of anilines is 1. The number of morpholine rings is 1. The highest BCUT2D eigenvalue weighted by Gasteiger charge is 2.38. The van der Waals surface area contributed by atoms with E-state index in [0.29, 0.717) is 25.4 Å². The van der Waals surface area contributed by atoms with E-state index in [1.165, 1.54) is 16.2 Å². The third-order valence-electron chi connectivity index (χ3n) is 5.01. The fourth-order valence-electron chi connectivity index (χ4n) is 3.44. The molecule has 1 amide bonds. The zero-order valence-corrected chi connectivity index (χ0v) is 15.8. The Morgan fingerprint density at radius 2 is 2.11 bits per heavy atom. The van der Waals surface area contributed by atoms with E-state index in [1.54, 1.807) is 7.11 Å². The van der Waals surface area contributed by atoms with E-state index in [1.807, 2.05) is 23.1 Å². The average Bonchev–Trinajstić information content (AvgIpc) is 3.12. The van der Waals surface area contributed by atoms with Crippen molar-refractivity contribution in [1.82, 2.24) is 9.88 Å². The summed E-state index contributed by atoms with van der Waals surface area (Å²) in [5.74, 6) is -2.17. The van der Waals surface area contributed by atoms with Crippen LogP contribution in [-0.2, 0) is 9.53 Å². The van der Waals surface area contributed by atoms with Gasteiger partial charge in [0.25, 0.3) is 11.8 Å². The molecule has 9 heteroatoms. The second kappa shape index (κ2) is 7.20.